The summed E-state index contributed by atoms with van der Waals surface area (Å²) in [5.41, 5.74) is 0.594. The van der Waals surface area contributed by atoms with E-state index >= 15 is 0 Å². The van der Waals surface area contributed by atoms with Gasteiger partial charge in [-0.3, -0.25) is 0 Å². The maximum absolute atomic E-state index is 12.9. The van der Waals surface area contributed by atoms with E-state index in [-0.39, 0.29) is 5.65 Å². The molecule has 114 valence electrons. The molecule has 0 aliphatic carbocycles. The van der Waals surface area contributed by atoms with Gasteiger partial charge in [0.05, 0.1) is 5.56 Å². The number of pyridine rings is 1. The summed E-state index contributed by atoms with van der Waals surface area (Å²) < 4.78 is 40.5. The monoisotopic (exact) mass is 371 g/mol. The molecular formula is C14H9BrF3N3O. The first-order chi connectivity index (χ1) is 10.3. The molecule has 0 unspecified atom stereocenters. The number of fused-ring (bicyclic) bond motifs is 1. The van der Waals surface area contributed by atoms with E-state index in [0.29, 0.717) is 21.2 Å². The summed E-state index contributed by atoms with van der Waals surface area (Å²) in [5.74, 6) is 0. The molecule has 1 N–H and O–H groups in total. The van der Waals surface area contributed by atoms with E-state index in [9.17, 15) is 18.0 Å². The second kappa shape index (κ2) is 4.98. The van der Waals surface area contributed by atoms with Crippen molar-refractivity contribution in [2.75, 3.05) is 0 Å². The molecule has 3 rings (SSSR count). The minimum absolute atomic E-state index is 0.282. The lowest BCUT2D eigenvalue weighted by Gasteiger charge is -2.12. The number of nitrogens with one attached hydrogen (secondary N) is 1. The van der Waals surface area contributed by atoms with Crippen LogP contribution in [0.15, 0.2) is 39.7 Å². The van der Waals surface area contributed by atoms with Gasteiger partial charge in [0.2, 0.25) is 0 Å². The number of nitrogens with zero attached hydrogens (tertiary/aromatic N) is 2. The van der Waals surface area contributed by atoms with Crippen LogP contribution in [0.1, 0.15) is 11.1 Å². The Morgan fingerprint density at radius 3 is 2.73 bits per heavy atom. The van der Waals surface area contributed by atoms with Crippen LogP contribution in [0, 0.1) is 6.92 Å². The molecule has 0 amide bonds. The molecule has 0 spiro atoms. The van der Waals surface area contributed by atoms with Crippen molar-refractivity contribution < 1.29 is 13.2 Å². The largest absolute Gasteiger partial charge is 0.416 e. The van der Waals surface area contributed by atoms with Crippen LogP contribution in [0.3, 0.4) is 0 Å². The third-order valence-corrected chi connectivity index (χ3v) is 4.18. The standard InChI is InChI=1S/C14H9BrF3N3O/c1-7-10(15)6-21-12(19-20-13(21)22)11(7)8-3-2-4-9(5-8)14(16,17)18/h2-6H,1H3,(H,20,22). The van der Waals surface area contributed by atoms with Crippen molar-refractivity contribution in [1.29, 1.82) is 0 Å². The molecule has 2 aromatic heterocycles. The number of alkyl halides is 3. The second-order valence-corrected chi connectivity index (χ2v) is 5.63. The lowest BCUT2D eigenvalue weighted by Crippen LogP contribution is -2.10. The molecule has 0 aliphatic heterocycles. The molecule has 3 aromatic rings. The fraction of sp³-hybridized carbons (Fsp3) is 0.143. The molecule has 0 bridgehead atoms. The quantitative estimate of drug-likeness (QED) is 0.707. The average Bonchev–Trinajstić information content (AvgIpc) is 2.81. The Labute approximate surface area is 130 Å². The zero-order valence-electron chi connectivity index (χ0n) is 11.2. The highest BCUT2D eigenvalue weighted by Gasteiger charge is 2.30. The van der Waals surface area contributed by atoms with Gasteiger partial charge in [0.1, 0.15) is 0 Å². The van der Waals surface area contributed by atoms with Gasteiger partial charge in [0, 0.05) is 16.2 Å². The maximum atomic E-state index is 12.9. The molecule has 0 saturated heterocycles. The number of aromatic nitrogens is 3. The van der Waals surface area contributed by atoms with Crippen molar-refractivity contribution >= 4 is 21.6 Å². The van der Waals surface area contributed by atoms with E-state index in [1.807, 2.05) is 0 Å². The molecule has 0 aliphatic rings. The summed E-state index contributed by atoms with van der Waals surface area (Å²) >= 11 is 3.32. The van der Waals surface area contributed by atoms with Gasteiger partial charge >= 0.3 is 11.9 Å². The summed E-state index contributed by atoms with van der Waals surface area (Å²) in [6.45, 7) is 1.75. The summed E-state index contributed by atoms with van der Waals surface area (Å²) in [4.78, 5) is 11.7. The highest BCUT2D eigenvalue weighted by molar-refractivity contribution is 9.10. The minimum atomic E-state index is -4.43. The fourth-order valence-electron chi connectivity index (χ4n) is 2.29. The second-order valence-electron chi connectivity index (χ2n) is 4.78. The fourth-order valence-corrected chi connectivity index (χ4v) is 2.70. The third-order valence-electron chi connectivity index (χ3n) is 3.38. The topological polar surface area (TPSA) is 50.2 Å². The van der Waals surface area contributed by atoms with Crippen LogP contribution in [0.2, 0.25) is 0 Å². The molecule has 8 heteroatoms. The molecule has 22 heavy (non-hydrogen) atoms. The zero-order chi connectivity index (χ0) is 16.1. The van der Waals surface area contributed by atoms with Gasteiger partial charge in [-0.25, -0.2) is 14.3 Å². The Bertz CT molecular complexity index is 927. The van der Waals surface area contributed by atoms with Crippen LogP contribution < -0.4 is 5.69 Å². The average molecular weight is 372 g/mol. The van der Waals surface area contributed by atoms with E-state index < -0.39 is 17.4 Å². The number of hydrogen-bond donors (Lipinski definition) is 1. The number of hydrogen-bond acceptors (Lipinski definition) is 2. The first-order valence-corrected chi connectivity index (χ1v) is 7.02. The van der Waals surface area contributed by atoms with Crippen LogP contribution in [-0.4, -0.2) is 14.6 Å². The molecule has 0 saturated carbocycles. The third kappa shape index (κ3) is 2.33. The maximum Gasteiger partial charge on any atom is 0.416 e. The number of benzene rings is 1. The van der Waals surface area contributed by atoms with Gasteiger partial charge in [-0.15, -0.1) is 0 Å². The summed E-state index contributed by atoms with van der Waals surface area (Å²) in [7, 11) is 0. The van der Waals surface area contributed by atoms with E-state index in [4.69, 9.17) is 0 Å². The van der Waals surface area contributed by atoms with E-state index in [1.54, 1.807) is 13.0 Å². The Hall–Kier alpha value is -2.09. The van der Waals surface area contributed by atoms with Crippen molar-refractivity contribution in [3.05, 3.63) is 56.5 Å². The van der Waals surface area contributed by atoms with Gasteiger partial charge in [-0.05, 0) is 46.1 Å². The number of rotatable bonds is 1. The van der Waals surface area contributed by atoms with Gasteiger partial charge in [0.15, 0.2) is 5.65 Å². The number of H-pyrrole nitrogens is 1. The highest BCUT2D eigenvalue weighted by Crippen LogP contribution is 2.35. The molecule has 0 radical (unpaired) electrons. The highest BCUT2D eigenvalue weighted by atomic mass is 79.9. The lowest BCUT2D eigenvalue weighted by atomic mass is 10.00. The van der Waals surface area contributed by atoms with Crippen LogP contribution in [0.4, 0.5) is 13.2 Å². The zero-order valence-corrected chi connectivity index (χ0v) is 12.8. The SMILES string of the molecule is Cc1c(Br)cn2c(=O)[nH]nc2c1-c1cccc(C(F)(F)F)c1. The van der Waals surface area contributed by atoms with Crippen molar-refractivity contribution in [2.24, 2.45) is 0 Å². The van der Waals surface area contributed by atoms with Gasteiger partial charge < -0.3 is 0 Å². The molecule has 1 aromatic carbocycles. The first kappa shape index (κ1) is 14.8. The van der Waals surface area contributed by atoms with Crippen LogP contribution in [0.25, 0.3) is 16.8 Å². The smallest absolute Gasteiger partial charge is 0.249 e. The number of halogens is 4. The Kier molecular flexibility index (Phi) is 3.36. The lowest BCUT2D eigenvalue weighted by molar-refractivity contribution is -0.137. The van der Waals surface area contributed by atoms with Crippen molar-refractivity contribution in [3.63, 3.8) is 0 Å². The van der Waals surface area contributed by atoms with Gasteiger partial charge in [-0.2, -0.15) is 18.3 Å². The predicted molar refractivity (Wildman–Crippen MR) is 78.7 cm³/mol. The van der Waals surface area contributed by atoms with Crippen molar-refractivity contribution in [2.45, 2.75) is 13.1 Å². The van der Waals surface area contributed by atoms with Crippen LogP contribution in [0.5, 0.6) is 0 Å². The van der Waals surface area contributed by atoms with Gasteiger partial charge in [0.25, 0.3) is 0 Å². The Morgan fingerprint density at radius 2 is 2.05 bits per heavy atom. The minimum Gasteiger partial charge on any atom is -0.249 e. The Morgan fingerprint density at radius 1 is 1.32 bits per heavy atom. The number of aromatic amines is 1. The Balaban J connectivity index is 2.35. The van der Waals surface area contributed by atoms with Crippen LogP contribution >= 0.6 is 15.9 Å². The van der Waals surface area contributed by atoms with Crippen molar-refractivity contribution in [1.82, 2.24) is 14.6 Å². The molecule has 0 atom stereocenters. The molecule has 0 fully saturated rings. The summed E-state index contributed by atoms with van der Waals surface area (Å²) in [5, 5.41) is 6.21. The predicted octanol–water partition coefficient (Wildman–Crippen LogP) is 3.78. The van der Waals surface area contributed by atoms with E-state index in [0.717, 1.165) is 12.1 Å². The van der Waals surface area contributed by atoms with Gasteiger partial charge in [-0.1, -0.05) is 12.1 Å². The van der Waals surface area contributed by atoms with E-state index in [2.05, 4.69) is 26.1 Å². The first-order valence-electron chi connectivity index (χ1n) is 6.22. The normalized spacial score (nSPS) is 12.0. The molecule has 4 nitrogen and oxygen atoms in total. The summed E-state index contributed by atoms with van der Waals surface area (Å²) in [6, 6.07) is 4.95. The molecular weight excluding hydrogens is 363 g/mol. The van der Waals surface area contributed by atoms with E-state index in [1.165, 1.54) is 16.7 Å². The van der Waals surface area contributed by atoms with Crippen molar-refractivity contribution in [3.8, 4) is 11.1 Å². The van der Waals surface area contributed by atoms with Crippen LogP contribution in [-0.2, 0) is 6.18 Å². The molecule has 2 heterocycles. The summed E-state index contributed by atoms with van der Waals surface area (Å²) in [6.07, 6.45) is -2.90.